The molecule has 0 radical (unpaired) electrons. The van der Waals surface area contributed by atoms with E-state index in [0.29, 0.717) is 38.8 Å². The molecule has 0 aliphatic carbocycles. The Kier molecular flexibility index (Phi) is 14.1. The number of hydrogen-bond donors (Lipinski definition) is 4. The van der Waals surface area contributed by atoms with Crippen LogP contribution in [0.1, 0.15) is 94.9 Å². The average Bonchev–Trinajstić information content (AvgIpc) is 3.39. The maximum atomic E-state index is 14.3. The summed E-state index contributed by atoms with van der Waals surface area (Å²) in [6, 6.07) is -0.978. The number of rotatable bonds is 8. The number of likely N-dealkylation sites (N-methyl/N-ethyl adjacent to an activating group) is 1. The molecule has 13 atom stereocenters. The van der Waals surface area contributed by atoms with Crippen molar-refractivity contribution in [3.63, 3.8) is 0 Å². The summed E-state index contributed by atoms with van der Waals surface area (Å²) < 4.78 is 31.4. The van der Waals surface area contributed by atoms with Crippen molar-refractivity contribution in [2.75, 3.05) is 34.3 Å². The number of amides is 1. The van der Waals surface area contributed by atoms with Crippen LogP contribution >= 0.6 is 0 Å². The van der Waals surface area contributed by atoms with Crippen LogP contribution in [-0.2, 0) is 33.3 Å². The molecule has 0 aromatic heterocycles. The highest BCUT2D eigenvalue weighted by atomic mass is 16.7. The van der Waals surface area contributed by atoms with Crippen LogP contribution in [0.25, 0.3) is 0 Å². The lowest BCUT2D eigenvalue weighted by Crippen LogP contribution is -2.61. The zero-order valence-electron chi connectivity index (χ0n) is 32.3. The molecule has 5 unspecified atom stereocenters. The van der Waals surface area contributed by atoms with Crippen molar-refractivity contribution in [2.45, 2.75) is 160 Å². The lowest BCUT2D eigenvalue weighted by atomic mass is 9.78. The molecule has 3 aliphatic rings. The Hall–Kier alpha value is -1.87. The number of cyclic esters (lactones) is 1. The summed E-state index contributed by atoms with van der Waals surface area (Å²) in [6.07, 6.45) is -2.72. The second-order valence-electron chi connectivity index (χ2n) is 16.2. The van der Waals surface area contributed by atoms with E-state index in [-0.39, 0.29) is 35.4 Å². The molecule has 3 saturated heterocycles. The van der Waals surface area contributed by atoms with Crippen LogP contribution in [0.5, 0.6) is 0 Å². The Morgan fingerprint density at radius 2 is 1.76 bits per heavy atom. The summed E-state index contributed by atoms with van der Waals surface area (Å²) in [7, 11) is 5.42. The van der Waals surface area contributed by atoms with E-state index in [9.17, 15) is 19.5 Å². The predicted molar refractivity (Wildman–Crippen MR) is 186 cm³/mol. The Bertz CT molecular complexity index is 1130. The summed E-state index contributed by atoms with van der Waals surface area (Å²) in [5.41, 5.74) is -2.28. The first-order valence-corrected chi connectivity index (χ1v) is 18.2. The third-order valence-corrected chi connectivity index (χ3v) is 10.9. The van der Waals surface area contributed by atoms with Gasteiger partial charge in [0.25, 0.3) is 0 Å². The number of ketones is 1. The van der Waals surface area contributed by atoms with Gasteiger partial charge in [0.1, 0.15) is 18.1 Å². The number of aliphatic hydroxyl groups is 1. The Balaban J connectivity index is 2.03. The molecule has 49 heavy (non-hydrogen) atoms. The van der Waals surface area contributed by atoms with E-state index in [2.05, 4.69) is 43.6 Å². The zero-order valence-corrected chi connectivity index (χ0v) is 32.3. The fourth-order valence-electron chi connectivity index (χ4n) is 7.90. The van der Waals surface area contributed by atoms with Gasteiger partial charge in [0.05, 0.1) is 23.9 Å². The normalized spacial score (nSPS) is 41.7. The number of Topliss-reactive ketones (excluding diaryl/α,β-unsaturated/α-hetero) is 1. The number of nitrogens with one attached hydrogen (secondary N) is 3. The summed E-state index contributed by atoms with van der Waals surface area (Å²) in [5.74, 6) is -3.06. The van der Waals surface area contributed by atoms with Gasteiger partial charge in [0.2, 0.25) is 0 Å². The van der Waals surface area contributed by atoms with E-state index in [1.165, 1.54) is 6.92 Å². The lowest BCUT2D eigenvalue weighted by molar-refractivity contribution is -0.297. The molecule has 3 fully saturated rings. The molecule has 284 valence electrons. The number of hydrogen-bond acceptors (Lipinski definition) is 12. The van der Waals surface area contributed by atoms with Crippen LogP contribution in [0, 0.1) is 17.8 Å². The van der Waals surface area contributed by atoms with E-state index < -0.39 is 65.7 Å². The molecule has 3 aliphatic heterocycles. The van der Waals surface area contributed by atoms with E-state index >= 15 is 0 Å². The molecule has 3 heterocycles. The highest BCUT2D eigenvalue weighted by molar-refractivity contribution is 6.00. The van der Waals surface area contributed by atoms with E-state index in [0.717, 1.165) is 0 Å². The van der Waals surface area contributed by atoms with Gasteiger partial charge in [-0.15, -0.1) is 0 Å². The van der Waals surface area contributed by atoms with Crippen LogP contribution < -0.4 is 16.0 Å². The second kappa shape index (κ2) is 16.6. The van der Waals surface area contributed by atoms with Gasteiger partial charge in [-0.25, -0.2) is 4.79 Å². The summed E-state index contributed by atoms with van der Waals surface area (Å²) in [6.45, 7) is 20.4. The number of nitrogens with zero attached hydrogens (tertiary/aromatic N) is 1. The number of carbonyl (C=O) groups excluding carboxylic acids is 3. The van der Waals surface area contributed by atoms with E-state index in [1.807, 2.05) is 46.7 Å². The van der Waals surface area contributed by atoms with Crippen molar-refractivity contribution in [1.82, 2.24) is 20.9 Å². The first kappa shape index (κ1) is 41.5. The zero-order chi connectivity index (χ0) is 37.1. The fourth-order valence-corrected chi connectivity index (χ4v) is 7.90. The van der Waals surface area contributed by atoms with Gasteiger partial charge in [-0.05, 0) is 93.8 Å². The molecule has 1 amide bonds. The number of esters is 1. The SMILES string of the molecule is CC[C@H]1OC(=O)C(C)C(=O)[C@H](C)[C@@H](OC2OC(CNC(C)(C)C)CC(N(C)C)C2O)[C@](C)(OC)C[C@@H](C)CN[C@H](C)[C@H]2NC(=O)O[C@@]21CC. The average molecular weight is 699 g/mol. The van der Waals surface area contributed by atoms with Crippen LogP contribution in [0.4, 0.5) is 4.79 Å². The maximum absolute atomic E-state index is 14.3. The highest BCUT2D eigenvalue weighted by Gasteiger charge is 2.57. The third kappa shape index (κ3) is 9.52. The molecule has 3 rings (SSSR count). The standard InChI is InChI=1S/C36H66N4O9/c1-14-26-36(15-2)29(39-33(44)49-36)23(6)37-18-20(3)17-35(10,45-13)30(21(4)27(41)22(5)31(43)47-26)48-32-28(42)25(40(11)12)16-24(46-32)19-38-34(7,8)9/h20-26,28-30,32,37-38,42H,14-19H2,1-13H3,(H,39,44)/t20-,21+,22?,23-,24?,25?,26-,28?,29-,30-,32?,35-,36-/m1/s1. The molecular formula is C36H66N4O9. The van der Waals surface area contributed by atoms with Crippen molar-refractivity contribution in [1.29, 1.82) is 0 Å². The molecule has 0 spiro atoms. The van der Waals surface area contributed by atoms with Crippen molar-refractivity contribution in [2.24, 2.45) is 17.8 Å². The summed E-state index contributed by atoms with van der Waals surface area (Å²) >= 11 is 0. The van der Waals surface area contributed by atoms with Crippen molar-refractivity contribution in [3.8, 4) is 0 Å². The summed E-state index contributed by atoms with van der Waals surface area (Å²) in [5, 5.41) is 21.6. The van der Waals surface area contributed by atoms with E-state index in [1.54, 1.807) is 14.0 Å². The van der Waals surface area contributed by atoms with Crippen molar-refractivity contribution in [3.05, 3.63) is 0 Å². The lowest BCUT2D eigenvalue weighted by Gasteiger charge is -2.47. The number of ether oxygens (including phenoxy) is 5. The van der Waals surface area contributed by atoms with Gasteiger partial charge in [-0.2, -0.15) is 0 Å². The number of alkyl carbamates (subject to hydrolysis) is 1. The number of fused-ring (bicyclic) bond motifs is 1. The highest BCUT2D eigenvalue weighted by Crippen LogP contribution is 2.39. The Morgan fingerprint density at radius 3 is 2.31 bits per heavy atom. The number of aliphatic hydroxyl groups excluding tert-OH is 1. The number of carbonyl (C=O) groups is 3. The molecule has 0 aromatic carbocycles. The molecule has 13 heteroatoms. The minimum Gasteiger partial charge on any atom is -0.457 e. The van der Waals surface area contributed by atoms with Gasteiger partial charge in [0, 0.05) is 37.2 Å². The maximum Gasteiger partial charge on any atom is 0.408 e. The molecule has 0 aromatic rings. The van der Waals surface area contributed by atoms with Gasteiger partial charge < -0.3 is 49.6 Å². The number of methoxy groups -OCH3 is 1. The topological polar surface area (TPSA) is 157 Å². The van der Waals surface area contributed by atoms with Crippen LogP contribution in [0.2, 0.25) is 0 Å². The molecule has 4 N–H and O–H groups in total. The van der Waals surface area contributed by atoms with Crippen molar-refractivity contribution >= 4 is 17.8 Å². The second-order valence-corrected chi connectivity index (χ2v) is 16.2. The molecule has 13 nitrogen and oxygen atoms in total. The first-order chi connectivity index (χ1) is 22.7. The third-order valence-electron chi connectivity index (χ3n) is 10.9. The molecule has 0 saturated carbocycles. The quantitative estimate of drug-likeness (QED) is 0.218. The minimum atomic E-state index is -1.15. The van der Waals surface area contributed by atoms with Gasteiger partial charge in [-0.1, -0.05) is 27.7 Å². The fraction of sp³-hybridized carbons (Fsp3) is 0.917. The Morgan fingerprint density at radius 1 is 1.10 bits per heavy atom. The smallest absolute Gasteiger partial charge is 0.408 e. The van der Waals surface area contributed by atoms with Crippen LogP contribution in [0.15, 0.2) is 0 Å². The monoisotopic (exact) mass is 698 g/mol. The van der Waals surface area contributed by atoms with Crippen LogP contribution in [-0.4, -0.2) is 128 Å². The Labute approximate surface area is 294 Å². The predicted octanol–water partition coefficient (Wildman–Crippen LogP) is 3.01. The molecular weight excluding hydrogens is 632 g/mol. The largest absolute Gasteiger partial charge is 0.457 e. The van der Waals surface area contributed by atoms with Gasteiger partial charge >= 0.3 is 12.1 Å². The van der Waals surface area contributed by atoms with Crippen molar-refractivity contribution < 1.29 is 43.2 Å². The minimum absolute atomic E-state index is 0.0210. The van der Waals surface area contributed by atoms with Gasteiger partial charge in [-0.3, -0.25) is 9.59 Å². The van der Waals surface area contributed by atoms with Crippen LogP contribution in [0.3, 0.4) is 0 Å². The van der Waals surface area contributed by atoms with E-state index in [4.69, 9.17) is 23.7 Å². The first-order valence-electron chi connectivity index (χ1n) is 18.2. The van der Waals surface area contributed by atoms with Gasteiger partial charge in [0.15, 0.2) is 17.7 Å². The summed E-state index contributed by atoms with van der Waals surface area (Å²) in [4.78, 5) is 42.7. The molecule has 0 bridgehead atoms.